The number of carbonyl (C=O) groups is 3. The number of ether oxygens (including phenoxy) is 3. The number of fused-ring (bicyclic) bond motifs is 1. The quantitative estimate of drug-likeness (QED) is 0.482. The van der Waals surface area contributed by atoms with Crippen LogP contribution in [0, 0.1) is 12.8 Å². The Bertz CT molecular complexity index is 1020. The van der Waals surface area contributed by atoms with Gasteiger partial charge >= 0.3 is 17.6 Å². The van der Waals surface area contributed by atoms with Crippen molar-refractivity contribution in [1.82, 2.24) is 4.90 Å². The van der Waals surface area contributed by atoms with Crippen LogP contribution in [0.25, 0.3) is 11.0 Å². The molecule has 3 rings (SSSR count). The molecule has 1 amide bonds. The van der Waals surface area contributed by atoms with Crippen molar-refractivity contribution in [3.05, 3.63) is 40.2 Å². The number of amides is 1. The van der Waals surface area contributed by atoms with Gasteiger partial charge in [0.05, 0.1) is 12.5 Å². The summed E-state index contributed by atoms with van der Waals surface area (Å²) in [4.78, 5) is 49.0. The van der Waals surface area contributed by atoms with Crippen molar-refractivity contribution < 1.29 is 33.0 Å². The number of esters is 2. The number of hydrogen-bond acceptors (Lipinski definition) is 8. The Morgan fingerprint density at radius 2 is 1.84 bits per heavy atom. The van der Waals surface area contributed by atoms with Crippen LogP contribution in [0.1, 0.15) is 25.3 Å². The fourth-order valence-electron chi connectivity index (χ4n) is 3.44. The molecule has 0 saturated carbocycles. The Balaban J connectivity index is 1.43. The minimum atomic E-state index is -0.694. The topological polar surface area (TPSA) is 112 Å². The first kappa shape index (κ1) is 22.3. The van der Waals surface area contributed by atoms with Gasteiger partial charge in [0.15, 0.2) is 13.2 Å². The Kier molecular flexibility index (Phi) is 7.28. The van der Waals surface area contributed by atoms with E-state index in [1.807, 2.05) is 0 Å². The Hall–Kier alpha value is -3.36. The first-order valence-electron chi connectivity index (χ1n) is 10.1. The zero-order valence-electron chi connectivity index (χ0n) is 17.5. The maximum atomic E-state index is 12.2. The lowest BCUT2D eigenvalue weighted by Gasteiger charge is -2.30. The second-order valence-electron chi connectivity index (χ2n) is 7.26. The number of hydrogen-bond donors (Lipinski definition) is 0. The van der Waals surface area contributed by atoms with Crippen molar-refractivity contribution in [2.24, 2.45) is 5.92 Å². The minimum absolute atomic E-state index is 0.199. The molecule has 2 heterocycles. The summed E-state index contributed by atoms with van der Waals surface area (Å²) >= 11 is 0. The summed E-state index contributed by atoms with van der Waals surface area (Å²) in [5, 5.41) is 0.770. The molecule has 2 aromatic rings. The minimum Gasteiger partial charge on any atom is -0.482 e. The van der Waals surface area contributed by atoms with Crippen molar-refractivity contribution in [3.63, 3.8) is 0 Å². The van der Waals surface area contributed by atoms with E-state index in [-0.39, 0.29) is 24.4 Å². The fourth-order valence-corrected chi connectivity index (χ4v) is 3.44. The van der Waals surface area contributed by atoms with E-state index in [1.165, 1.54) is 12.1 Å². The van der Waals surface area contributed by atoms with Crippen LogP contribution < -0.4 is 10.4 Å². The molecular weight excluding hydrogens is 406 g/mol. The lowest BCUT2D eigenvalue weighted by molar-refractivity contribution is -0.155. The molecule has 1 aliphatic heterocycles. The summed E-state index contributed by atoms with van der Waals surface area (Å²) in [7, 11) is 0. The fraction of sp³-hybridized carbons (Fsp3) is 0.455. The van der Waals surface area contributed by atoms with Crippen LogP contribution in [-0.4, -0.2) is 55.7 Å². The largest absolute Gasteiger partial charge is 0.482 e. The molecule has 9 nitrogen and oxygen atoms in total. The average molecular weight is 431 g/mol. The SMILES string of the molecule is CCOC(=O)C1CCN(C(=O)COC(=O)COc2ccc3c(C)cc(=O)oc3c2)CC1. The third-order valence-corrected chi connectivity index (χ3v) is 5.10. The Morgan fingerprint density at radius 1 is 1.10 bits per heavy atom. The van der Waals surface area contributed by atoms with E-state index in [1.54, 1.807) is 30.9 Å². The lowest BCUT2D eigenvalue weighted by Crippen LogP contribution is -2.42. The molecule has 0 aliphatic carbocycles. The third kappa shape index (κ3) is 5.84. The van der Waals surface area contributed by atoms with Crippen molar-refractivity contribution >= 4 is 28.8 Å². The van der Waals surface area contributed by atoms with E-state index in [9.17, 15) is 19.2 Å². The van der Waals surface area contributed by atoms with Crippen LogP contribution in [0.3, 0.4) is 0 Å². The maximum absolute atomic E-state index is 12.2. The molecule has 9 heteroatoms. The van der Waals surface area contributed by atoms with Crippen LogP contribution >= 0.6 is 0 Å². The Labute approximate surface area is 178 Å². The van der Waals surface area contributed by atoms with Crippen LogP contribution in [0.15, 0.2) is 33.5 Å². The highest BCUT2D eigenvalue weighted by Gasteiger charge is 2.28. The number of likely N-dealkylation sites (tertiary alicyclic amines) is 1. The highest BCUT2D eigenvalue weighted by molar-refractivity contribution is 5.82. The van der Waals surface area contributed by atoms with Gasteiger partial charge in [0, 0.05) is 30.6 Å². The molecule has 31 heavy (non-hydrogen) atoms. The number of carbonyl (C=O) groups excluding carboxylic acids is 3. The van der Waals surface area contributed by atoms with Gasteiger partial charge in [0.25, 0.3) is 5.91 Å². The molecule has 0 radical (unpaired) electrons. The molecular formula is C22H25NO8. The molecule has 1 aromatic heterocycles. The third-order valence-electron chi connectivity index (χ3n) is 5.10. The molecule has 0 N–H and O–H groups in total. The van der Waals surface area contributed by atoms with Crippen LogP contribution in [0.4, 0.5) is 0 Å². The molecule has 0 unspecified atom stereocenters. The summed E-state index contributed by atoms with van der Waals surface area (Å²) < 4.78 is 20.5. The highest BCUT2D eigenvalue weighted by atomic mass is 16.6. The van der Waals surface area contributed by atoms with Gasteiger partial charge in [-0.2, -0.15) is 0 Å². The summed E-state index contributed by atoms with van der Waals surface area (Å²) in [6, 6.07) is 6.31. The number of benzene rings is 1. The van der Waals surface area contributed by atoms with Gasteiger partial charge in [-0.25, -0.2) is 9.59 Å². The van der Waals surface area contributed by atoms with Crippen molar-refractivity contribution in [2.45, 2.75) is 26.7 Å². The molecule has 1 aliphatic rings. The number of rotatable bonds is 7. The smallest absolute Gasteiger partial charge is 0.344 e. The van der Waals surface area contributed by atoms with E-state index in [0.29, 0.717) is 43.9 Å². The van der Waals surface area contributed by atoms with Crippen molar-refractivity contribution in [1.29, 1.82) is 0 Å². The average Bonchev–Trinajstić information content (AvgIpc) is 2.76. The Morgan fingerprint density at radius 3 is 2.55 bits per heavy atom. The second-order valence-corrected chi connectivity index (χ2v) is 7.26. The summed E-state index contributed by atoms with van der Waals surface area (Å²) in [6.45, 7) is 3.94. The van der Waals surface area contributed by atoms with Gasteiger partial charge in [0.2, 0.25) is 0 Å². The van der Waals surface area contributed by atoms with E-state index >= 15 is 0 Å². The molecule has 0 bridgehead atoms. The van der Waals surface area contributed by atoms with E-state index in [4.69, 9.17) is 18.6 Å². The van der Waals surface area contributed by atoms with E-state index < -0.39 is 18.2 Å². The van der Waals surface area contributed by atoms with Crippen molar-refractivity contribution in [3.8, 4) is 5.75 Å². The second kappa shape index (κ2) is 10.1. The monoisotopic (exact) mass is 431 g/mol. The molecule has 166 valence electrons. The molecule has 1 fully saturated rings. The maximum Gasteiger partial charge on any atom is 0.344 e. The molecule has 0 spiro atoms. The van der Waals surface area contributed by atoms with Gasteiger partial charge in [-0.15, -0.1) is 0 Å². The predicted octanol–water partition coefficient (Wildman–Crippen LogP) is 1.83. The van der Waals surface area contributed by atoms with Gasteiger partial charge < -0.3 is 23.5 Å². The number of piperidine rings is 1. The van der Waals surface area contributed by atoms with Crippen molar-refractivity contribution in [2.75, 3.05) is 32.9 Å². The lowest BCUT2D eigenvalue weighted by atomic mass is 9.97. The first-order valence-corrected chi connectivity index (χ1v) is 10.1. The van der Waals surface area contributed by atoms with E-state index in [2.05, 4.69) is 0 Å². The van der Waals surface area contributed by atoms with E-state index in [0.717, 1.165) is 10.9 Å². The predicted molar refractivity (Wildman–Crippen MR) is 110 cm³/mol. The summed E-state index contributed by atoms with van der Waals surface area (Å²) in [5.74, 6) is -1.11. The zero-order valence-corrected chi connectivity index (χ0v) is 17.5. The van der Waals surface area contributed by atoms with Crippen LogP contribution in [-0.2, 0) is 23.9 Å². The van der Waals surface area contributed by atoms with Crippen LogP contribution in [0.2, 0.25) is 0 Å². The van der Waals surface area contributed by atoms with Gasteiger partial charge in [0.1, 0.15) is 11.3 Å². The summed E-state index contributed by atoms with van der Waals surface area (Å²) in [5.41, 5.74) is 0.672. The molecule has 1 aromatic carbocycles. The molecule has 1 saturated heterocycles. The standard InChI is InChI=1S/C22H25NO8/c1-3-28-22(27)15-6-8-23(9-7-15)19(24)12-30-21(26)13-29-16-4-5-17-14(2)10-20(25)31-18(17)11-16/h4-5,10-11,15H,3,6-9,12-13H2,1-2H3. The summed E-state index contributed by atoms with van der Waals surface area (Å²) in [6.07, 6.45) is 1.05. The van der Waals surface area contributed by atoms with Gasteiger partial charge in [-0.05, 0) is 44.4 Å². The normalized spacial score (nSPS) is 14.3. The number of aryl methyl sites for hydroxylation is 1. The molecule has 0 atom stereocenters. The zero-order chi connectivity index (χ0) is 22.4. The van der Waals surface area contributed by atoms with Crippen LogP contribution in [0.5, 0.6) is 5.75 Å². The highest BCUT2D eigenvalue weighted by Crippen LogP contribution is 2.22. The first-order chi connectivity index (χ1) is 14.9. The van der Waals surface area contributed by atoms with Gasteiger partial charge in [-0.3, -0.25) is 9.59 Å². The number of nitrogens with zero attached hydrogens (tertiary/aromatic N) is 1. The van der Waals surface area contributed by atoms with Gasteiger partial charge in [-0.1, -0.05) is 0 Å².